The summed E-state index contributed by atoms with van der Waals surface area (Å²) >= 11 is 4.44. The monoisotopic (exact) mass is 360 g/mol. The molecular formula is C11H9BrN2O5S. The Morgan fingerprint density at radius 2 is 2.15 bits per heavy atom. The SMILES string of the molecule is O=C(O)C1CSCN1C(=O)c1cc(Br)cc([N+](=O)[O-])c1. The van der Waals surface area contributed by atoms with E-state index in [-0.39, 0.29) is 17.1 Å². The third-order valence-electron chi connectivity index (χ3n) is 2.77. The molecule has 1 amide bonds. The molecule has 1 aromatic rings. The van der Waals surface area contributed by atoms with E-state index in [1.807, 2.05) is 0 Å². The van der Waals surface area contributed by atoms with Gasteiger partial charge in [0.2, 0.25) is 0 Å². The number of carbonyl (C=O) groups is 2. The van der Waals surface area contributed by atoms with Crippen molar-refractivity contribution in [3.05, 3.63) is 38.3 Å². The molecule has 0 spiro atoms. The smallest absolute Gasteiger partial charge is 0.327 e. The maximum Gasteiger partial charge on any atom is 0.327 e. The molecule has 106 valence electrons. The van der Waals surface area contributed by atoms with Crippen LogP contribution in [0.3, 0.4) is 0 Å². The van der Waals surface area contributed by atoms with Gasteiger partial charge in [-0.05, 0) is 6.07 Å². The number of halogens is 1. The highest BCUT2D eigenvalue weighted by Crippen LogP contribution is 2.27. The lowest BCUT2D eigenvalue weighted by Gasteiger charge is -2.20. The van der Waals surface area contributed by atoms with Crippen LogP contribution in [0.2, 0.25) is 0 Å². The van der Waals surface area contributed by atoms with Crippen molar-refractivity contribution in [2.45, 2.75) is 6.04 Å². The van der Waals surface area contributed by atoms with Crippen molar-refractivity contribution in [3.63, 3.8) is 0 Å². The van der Waals surface area contributed by atoms with Crippen LogP contribution in [0.5, 0.6) is 0 Å². The molecule has 0 aliphatic carbocycles. The molecule has 1 heterocycles. The number of carboxylic acids is 1. The minimum Gasteiger partial charge on any atom is -0.480 e. The zero-order valence-electron chi connectivity index (χ0n) is 9.98. The van der Waals surface area contributed by atoms with Gasteiger partial charge in [0.05, 0.1) is 10.8 Å². The Morgan fingerprint density at radius 1 is 1.45 bits per heavy atom. The molecule has 1 atom stereocenters. The molecule has 1 aliphatic rings. The van der Waals surface area contributed by atoms with E-state index in [0.717, 1.165) is 6.07 Å². The summed E-state index contributed by atoms with van der Waals surface area (Å²) in [6.07, 6.45) is 0. The summed E-state index contributed by atoms with van der Waals surface area (Å²) in [5.41, 5.74) is -0.124. The maximum atomic E-state index is 12.3. The predicted octanol–water partition coefficient (Wildman–Crippen LogP) is 1.96. The van der Waals surface area contributed by atoms with E-state index in [9.17, 15) is 19.7 Å². The van der Waals surface area contributed by atoms with Crippen molar-refractivity contribution in [1.82, 2.24) is 4.90 Å². The largest absolute Gasteiger partial charge is 0.480 e. The third kappa shape index (κ3) is 2.93. The number of aliphatic carboxylic acids is 1. The van der Waals surface area contributed by atoms with Gasteiger partial charge in [-0.25, -0.2) is 4.79 Å². The fraction of sp³-hybridized carbons (Fsp3) is 0.273. The number of hydrogen-bond acceptors (Lipinski definition) is 5. The number of carboxylic acid groups (broad SMARTS) is 1. The maximum absolute atomic E-state index is 12.3. The number of thioether (sulfide) groups is 1. The van der Waals surface area contributed by atoms with Gasteiger partial charge in [0, 0.05) is 27.9 Å². The van der Waals surface area contributed by atoms with E-state index in [1.54, 1.807) is 0 Å². The molecule has 7 nitrogen and oxygen atoms in total. The first-order chi connectivity index (χ1) is 9.40. The molecule has 1 aliphatic heterocycles. The van der Waals surface area contributed by atoms with Gasteiger partial charge in [0.25, 0.3) is 11.6 Å². The molecule has 1 N–H and O–H groups in total. The Hall–Kier alpha value is -1.61. The van der Waals surface area contributed by atoms with E-state index in [4.69, 9.17) is 5.11 Å². The van der Waals surface area contributed by atoms with Gasteiger partial charge in [0.1, 0.15) is 6.04 Å². The number of nitro groups is 1. The second kappa shape index (κ2) is 5.80. The Labute approximate surface area is 126 Å². The van der Waals surface area contributed by atoms with Crippen molar-refractivity contribution >= 4 is 45.3 Å². The van der Waals surface area contributed by atoms with Crippen molar-refractivity contribution in [2.24, 2.45) is 0 Å². The molecular weight excluding hydrogens is 352 g/mol. The molecule has 1 saturated heterocycles. The average Bonchev–Trinajstić information content (AvgIpc) is 2.86. The van der Waals surface area contributed by atoms with Crippen molar-refractivity contribution in [1.29, 1.82) is 0 Å². The first kappa shape index (κ1) is 14.8. The Balaban J connectivity index is 2.33. The number of nitro benzene ring substituents is 1. The summed E-state index contributed by atoms with van der Waals surface area (Å²) in [6.45, 7) is 0. The van der Waals surface area contributed by atoms with Gasteiger partial charge in [-0.15, -0.1) is 11.8 Å². The van der Waals surface area contributed by atoms with Gasteiger partial charge in [-0.1, -0.05) is 15.9 Å². The van der Waals surface area contributed by atoms with Gasteiger partial charge in [-0.2, -0.15) is 0 Å². The van der Waals surface area contributed by atoms with Crippen LogP contribution in [0.4, 0.5) is 5.69 Å². The van der Waals surface area contributed by atoms with Crippen LogP contribution >= 0.6 is 27.7 Å². The standard InChI is InChI=1S/C11H9BrN2O5S/c12-7-1-6(2-8(3-7)14(18)19)10(15)13-5-20-4-9(13)11(16)17/h1-3,9H,4-5H2,(H,16,17). The molecule has 2 rings (SSSR count). The lowest BCUT2D eigenvalue weighted by atomic mass is 10.1. The first-order valence-corrected chi connectivity index (χ1v) is 7.41. The summed E-state index contributed by atoms with van der Waals surface area (Å²) < 4.78 is 0.397. The highest BCUT2D eigenvalue weighted by atomic mass is 79.9. The highest BCUT2D eigenvalue weighted by molar-refractivity contribution is 9.10. The van der Waals surface area contributed by atoms with E-state index in [0.29, 0.717) is 10.2 Å². The highest BCUT2D eigenvalue weighted by Gasteiger charge is 2.35. The summed E-state index contributed by atoms with van der Waals surface area (Å²) in [7, 11) is 0. The zero-order chi connectivity index (χ0) is 14.9. The predicted molar refractivity (Wildman–Crippen MR) is 75.7 cm³/mol. The van der Waals surface area contributed by atoms with E-state index >= 15 is 0 Å². The van der Waals surface area contributed by atoms with Gasteiger partial charge >= 0.3 is 5.97 Å². The first-order valence-electron chi connectivity index (χ1n) is 5.46. The number of hydrogen-bond donors (Lipinski definition) is 1. The lowest BCUT2D eigenvalue weighted by Crippen LogP contribution is -2.41. The average molecular weight is 361 g/mol. The minimum atomic E-state index is -1.08. The zero-order valence-corrected chi connectivity index (χ0v) is 12.4. The van der Waals surface area contributed by atoms with Gasteiger partial charge in [-0.3, -0.25) is 14.9 Å². The topological polar surface area (TPSA) is 101 Å². The van der Waals surface area contributed by atoms with Crippen LogP contribution in [-0.4, -0.2) is 44.5 Å². The number of non-ortho nitro benzene ring substituents is 1. The molecule has 0 radical (unpaired) electrons. The van der Waals surface area contributed by atoms with Crippen LogP contribution in [0.25, 0.3) is 0 Å². The third-order valence-corrected chi connectivity index (χ3v) is 4.24. The number of carbonyl (C=O) groups excluding carboxylic acids is 1. The Bertz CT molecular complexity index is 594. The molecule has 0 aromatic heterocycles. The van der Waals surface area contributed by atoms with Crippen LogP contribution in [0, 0.1) is 10.1 Å². The van der Waals surface area contributed by atoms with E-state index in [2.05, 4.69) is 15.9 Å². The molecule has 9 heteroatoms. The van der Waals surface area contributed by atoms with Crippen LogP contribution < -0.4 is 0 Å². The molecule has 1 unspecified atom stereocenters. The summed E-state index contributed by atoms with van der Waals surface area (Å²) in [5, 5.41) is 19.8. The molecule has 1 fully saturated rings. The quantitative estimate of drug-likeness (QED) is 0.652. The number of nitrogens with zero attached hydrogens (tertiary/aromatic N) is 2. The Morgan fingerprint density at radius 3 is 2.75 bits per heavy atom. The molecule has 20 heavy (non-hydrogen) atoms. The van der Waals surface area contributed by atoms with Crippen LogP contribution in [-0.2, 0) is 4.79 Å². The van der Waals surface area contributed by atoms with Crippen molar-refractivity contribution in [3.8, 4) is 0 Å². The van der Waals surface area contributed by atoms with Crippen molar-refractivity contribution < 1.29 is 19.6 Å². The minimum absolute atomic E-state index is 0.0971. The van der Waals surface area contributed by atoms with Crippen LogP contribution in [0.15, 0.2) is 22.7 Å². The van der Waals surface area contributed by atoms with Gasteiger partial charge in [0.15, 0.2) is 0 Å². The van der Waals surface area contributed by atoms with Crippen LogP contribution in [0.1, 0.15) is 10.4 Å². The van der Waals surface area contributed by atoms with Gasteiger partial charge < -0.3 is 10.0 Å². The fourth-order valence-electron chi connectivity index (χ4n) is 1.82. The number of rotatable bonds is 3. The summed E-state index contributed by atoms with van der Waals surface area (Å²) in [5.74, 6) is -1.02. The number of amides is 1. The normalized spacial score (nSPS) is 18.1. The van der Waals surface area contributed by atoms with E-state index < -0.39 is 22.8 Å². The lowest BCUT2D eigenvalue weighted by molar-refractivity contribution is -0.385. The number of benzene rings is 1. The molecule has 0 bridgehead atoms. The molecule has 1 aromatic carbocycles. The second-order valence-electron chi connectivity index (χ2n) is 4.08. The summed E-state index contributed by atoms with van der Waals surface area (Å²) in [6, 6.07) is 2.97. The Kier molecular flexibility index (Phi) is 4.29. The van der Waals surface area contributed by atoms with E-state index in [1.165, 1.54) is 28.8 Å². The second-order valence-corrected chi connectivity index (χ2v) is 6.00. The fourth-order valence-corrected chi connectivity index (χ4v) is 3.44. The van der Waals surface area contributed by atoms with Crippen molar-refractivity contribution in [2.75, 3.05) is 11.6 Å². The summed E-state index contributed by atoms with van der Waals surface area (Å²) in [4.78, 5) is 34.7. The molecule has 0 saturated carbocycles.